The van der Waals surface area contributed by atoms with Crippen LogP contribution in [0, 0.1) is 0 Å². The summed E-state index contributed by atoms with van der Waals surface area (Å²) in [5.74, 6) is 0. The molecule has 0 aromatic heterocycles. The van der Waals surface area contributed by atoms with Crippen molar-refractivity contribution in [3.05, 3.63) is 11.1 Å². The molecule has 0 aromatic carbocycles. The minimum Gasteiger partial charge on any atom is -0.379 e. The highest BCUT2D eigenvalue weighted by Crippen LogP contribution is 2.28. The molecule has 1 saturated heterocycles. The highest BCUT2D eigenvalue weighted by Gasteiger charge is 2.16. The fraction of sp³-hybridized carbons (Fsp3) is 0.833. The van der Waals surface area contributed by atoms with Crippen LogP contribution in [0.1, 0.15) is 39.0 Å². The number of ether oxygens (including phenoxy) is 1. The lowest BCUT2D eigenvalue weighted by Gasteiger charge is -2.24. The number of allylic oxidation sites excluding steroid dienone is 1. The molecular formula is C12H21NO. The largest absolute Gasteiger partial charge is 0.379 e. The second-order valence-electron chi connectivity index (χ2n) is 4.52. The molecule has 14 heavy (non-hydrogen) atoms. The van der Waals surface area contributed by atoms with Crippen LogP contribution in [0.15, 0.2) is 11.1 Å². The Morgan fingerprint density at radius 3 is 2.86 bits per heavy atom. The maximum Gasteiger partial charge on any atom is 0.0623 e. The molecule has 2 aliphatic rings. The summed E-state index contributed by atoms with van der Waals surface area (Å²) in [6.07, 6.45) is 6.69. The Kier molecular flexibility index (Phi) is 3.60. The van der Waals surface area contributed by atoms with Gasteiger partial charge in [0.25, 0.3) is 0 Å². The topological polar surface area (TPSA) is 21.3 Å². The molecule has 2 nitrogen and oxygen atoms in total. The monoisotopic (exact) mass is 195 g/mol. The minimum atomic E-state index is 0.567. The third-order valence-electron chi connectivity index (χ3n) is 3.36. The van der Waals surface area contributed by atoms with Crippen molar-refractivity contribution in [2.24, 2.45) is 0 Å². The van der Waals surface area contributed by atoms with E-state index in [9.17, 15) is 0 Å². The Morgan fingerprint density at radius 1 is 1.43 bits per heavy atom. The van der Waals surface area contributed by atoms with E-state index in [0.717, 1.165) is 19.8 Å². The fourth-order valence-electron chi connectivity index (χ4n) is 2.49. The van der Waals surface area contributed by atoms with E-state index in [2.05, 4.69) is 12.2 Å². The van der Waals surface area contributed by atoms with Gasteiger partial charge in [0, 0.05) is 12.6 Å². The molecule has 0 radical (unpaired) electrons. The van der Waals surface area contributed by atoms with Gasteiger partial charge in [0.05, 0.1) is 13.2 Å². The van der Waals surface area contributed by atoms with E-state index in [-0.39, 0.29) is 0 Å². The molecule has 1 unspecified atom stereocenters. The molecular weight excluding hydrogens is 174 g/mol. The zero-order valence-electron chi connectivity index (χ0n) is 9.14. The van der Waals surface area contributed by atoms with E-state index >= 15 is 0 Å². The van der Waals surface area contributed by atoms with Crippen molar-refractivity contribution in [3.8, 4) is 0 Å². The van der Waals surface area contributed by atoms with E-state index in [1.165, 1.54) is 32.1 Å². The van der Waals surface area contributed by atoms with Crippen LogP contribution in [0.4, 0.5) is 0 Å². The lowest BCUT2D eigenvalue weighted by atomic mass is 10.0. The average Bonchev–Trinajstić information content (AvgIpc) is 2.72. The van der Waals surface area contributed by atoms with Gasteiger partial charge >= 0.3 is 0 Å². The van der Waals surface area contributed by atoms with Crippen molar-refractivity contribution in [3.63, 3.8) is 0 Å². The van der Waals surface area contributed by atoms with Crippen LogP contribution >= 0.6 is 0 Å². The Hall–Kier alpha value is -0.340. The lowest BCUT2D eigenvalue weighted by molar-refractivity contribution is 0.0769. The van der Waals surface area contributed by atoms with Crippen LogP contribution in [-0.4, -0.2) is 25.8 Å². The molecule has 0 spiro atoms. The molecule has 2 fully saturated rings. The first-order chi connectivity index (χ1) is 6.86. The van der Waals surface area contributed by atoms with Crippen LogP contribution < -0.4 is 5.32 Å². The fourth-order valence-corrected chi connectivity index (χ4v) is 2.49. The third-order valence-corrected chi connectivity index (χ3v) is 3.36. The maximum absolute atomic E-state index is 5.46. The van der Waals surface area contributed by atoms with Crippen LogP contribution in [0.3, 0.4) is 0 Å². The second kappa shape index (κ2) is 4.94. The van der Waals surface area contributed by atoms with Crippen LogP contribution in [-0.2, 0) is 4.74 Å². The molecule has 2 heteroatoms. The molecule has 0 bridgehead atoms. The molecule has 1 aliphatic heterocycles. The van der Waals surface area contributed by atoms with E-state index in [4.69, 9.17) is 4.74 Å². The van der Waals surface area contributed by atoms with Gasteiger partial charge in [-0.2, -0.15) is 0 Å². The van der Waals surface area contributed by atoms with Gasteiger partial charge in [0.15, 0.2) is 0 Å². The summed E-state index contributed by atoms with van der Waals surface area (Å²) in [6, 6.07) is 0.567. The predicted molar refractivity (Wildman–Crippen MR) is 58.4 cm³/mol. The van der Waals surface area contributed by atoms with Crippen LogP contribution in [0.5, 0.6) is 0 Å². The molecule has 1 heterocycles. The highest BCUT2D eigenvalue weighted by molar-refractivity contribution is 5.16. The van der Waals surface area contributed by atoms with Gasteiger partial charge in [-0.25, -0.2) is 0 Å². The van der Waals surface area contributed by atoms with Gasteiger partial charge in [-0.05, 0) is 39.0 Å². The average molecular weight is 195 g/mol. The molecule has 1 aliphatic carbocycles. The molecule has 2 rings (SSSR count). The summed E-state index contributed by atoms with van der Waals surface area (Å²) in [5, 5.41) is 3.51. The summed E-state index contributed by atoms with van der Waals surface area (Å²) in [6.45, 7) is 5.10. The number of nitrogens with one attached hydrogen (secondary N) is 1. The molecule has 1 N–H and O–H groups in total. The Bertz CT molecular complexity index is 208. The Labute approximate surface area is 86.7 Å². The summed E-state index contributed by atoms with van der Waals surface area (Å²) in [7, 11) is 0. The summed E-state index contributed by atoms with van der Waals surface area (Å²) < 4.78 is 5.46. The summed E-state index contributed by atoms with van der Waals surface area (Å²) in [5.41, 5.74) is 3.34. The molecule has 0 amide bonds. The smallest absolute Gasteiger partial charge is 0.0623 e. The van der Waals surface area contributed by atoms with Crippen molar-refractivity contribution in [2.75, 3.05) is 19.8 Å². The first-order valence-electron chi connectivity index (χ1n) is 5.85. The van der Waals surface area contributed by atoms with Gasteiger partial charge in [0.1, 0.15) is 0 Å². The maximum atomic E-state index is 5.46. The van der Waals surface area contributed by atoms with Gasteiger partial charge in [0.2, 0.25) is 0 Å². The van der Waals surface area contributed by atoms with Gasteiger partial charge in [-0.15, -0.1) is 0 Å². The first kappa shape index (κ1) is 10.2. The van der Waals surface area contributed by atoms with Crippen molar-refractivity contribution in [1.29, 1.82) is 0 Å². The van der Waals surface area contributed by atoms with Crippen LogP contribution in [0.2, 0.25) is 0 Å². The van der Waals surface area contributed by atoms with Gasteiger partial charge in [-0.3, -0.25) is 0 Å². The normalized spacial score (nSPS) is 28.1. The zero-order valence-corrected chi connectivity index (χ0v) is 9.14. The molecule has 0 aromatic rings. The number of hydrogen-bond acceptors (Lipinski definition) is 2. The lowest BCUT2D eigenvalue weighted by Crippen LogP contribution is -2.41. The number of rotatable bonds is 2. The standard InChI is InChI=1S/C12H21NO/c1-10(11-4-2-3-5-11)8-12-9-14-7-6-13-12/h12-13H,2-9H2,1H3. The highest BCUT2D eigenvalue weighted by atomic mass is 16.5. The first-order valence-corrected chi connectivity index (χ1v) is 5.85. The summed E-state index contributed by atoms with van der Waals surface area (Å²) >= 11 is 0. The van der Waals surface area contributed by atoms with Crippen molar-refractivity contribution in [2.45, 2.75) is 45.1 Å². The number of morpholine rings is 1. The second-order valence-corrected chi connectivity index (χ2v) is 4.52. The third kappa shape index (κ3) is 2.58. The van der Waals surface area contributed by atoms with Crippen molar-refractivity contribution >= 4 is 0 Å². The Morgan fingerprint density at radius 2 is 2.21 bits per heavy atom. The number of hydrogen-bond donors (Lipinski definition) is 1. The zero-order chi connectivity index (χ0) is 9.80. The predicted octanol–water partition coefficient (Wildman–Crippen LogP) is 2.26. The van der Waals surface area contributed by atoms with Crippen molar-refractivity contribution in [1.82, 2.24) is 5.32 Å². The minimum absolute atomic E-state index is 0.567. The summed E-state index contributed by atoms with van der Waals surface area (Å²) in [4.78, 5) is 0. The molecule has 1 saturated carbocycles. The van der Waals surface area contributed by atoms with E-state index < -0.39 is 0 Å². The molecule has 1 atom stereocenters. The van der Waals surface area contributed by atoms with Gasteiger partial charge in [-0.1, -0.05) is 11.1 Å². The van der Waals surface area contributed by atoms with Crippen molar-refractivity contribution < 1.29 is 4.74 Å². The quantitative estimate of drug-likeness (QED) is 0.682. The Balaban J connectivity index is 1.85. The van der Waals surface area contributed by atoms with E-state index in [0.29, 0.717) is 6.04 Å². The van der Waals surface area contributed by atoms with E-state index in [1.807, 2.05) is 0 Å². The van der Waals surface area contributed by atoms with Crippen LogP contribution in [0.25, 0.3) is 0 Å². The van der Waals surface area contributed by atoms with Gasteiger partial charge < -0.3 is 10.1 Å². The SMILES string of the molecule is CC(CC1COCCN1)=C1CCCC1. The molecule has 80 valence electrons. The van der Waals surface area contributed by atoms with E-state index in [1.54, 1.807) is 11.1 Å².